The second-order valence-electron chi connectivity index (χ2n) is 5.75. The van der Waals surface area contributed by atoms with E-state index in [1.54, 1.807) is 18.7 Å². The lowest BCUT2D eigenvalue weighted by Crippen LogP contribution is -2.47. The summed E-state index contributed by atoms with van der Waals surface area (Å²) in [4.78, 5) is 36.6. The van der Waals surface area contributed by atoms with Crippen molar-refractivity contribution in [2.75, 3.05) is 6.54 Å². The zero-order valence-electron chi connectivity index (χ0n) is 11.3. The van der Waals surface area contributed by atoms with Gasteiger partial charge in [-0.15, -0.1) is 0 Å². The molecular formula is C13H20N2O4. The van der Waals surface area contributed by atoms with Crippen LogP contribution in [0, 0.1) is 11.8 Å². The summed E-state index contributed by atoms with van der Waals surface area (Å²) >= 11 is 0. The van der Waals surface area contributed by atoms with E-state index in [-0.39, 0.29) is 24.2 Å². The van der Waals surface area contributed by atoms with E-state index in [9.17, 15) is 14.4 Å². The third-order valence-electron chi connectivity index (χ3n) is 3.75. The number of nitrogens with zero attached hydrogens (tertiary/aromatic N) is 1. The molecule has 1 heterocycles. The molecule has 0 aromatic heterocycles. The fraction of sp³-hybridized carbons (Fsp3) is 0.769. The van der Waals surface area contributed by atoms with E-state index >= 15 is 0 Å². The third-order valence-corrected chi connectivity index (χ3v) is 3.75. The van der Waals surface area contributed by atoms with Gasteiger partial charge in [-0.25, -0.2) is 4.79 Å². The van der Waals surface area contributed by atoms with Crippen molar-refractivity contribution in [1.29, 1.82) is 0 Å². The second-order valence-corrected chi connectivity index (χ2v) is 5.75. The monoisotopic (exact) mass is 268 g/mol. The van der Waals surface area contributed by atoms with Crippen LogP contribution in [0.4, 0.5) is 0 Å². The lowest BCUT2D eigenvalue weighted by molar-refractivity contribution is -0.143. The first-order chi connectivity index (χ1) is 8.90. The molecule has 0 spiro atoms. The molecule has 106 valence electrons. The summed E-state index contributed by atoms with van der Waals surface area (Å²) in [6.07, 6.45) is 2.24. The van der Waals surface area contributed by atoms with E-state index in [2.05, 4.69) is 5.32 Å². The normalized spacial score (nSPS) is 24.7. The predicted octanol–water partition coefficient (Wildman–Crippen LogP) is 0.223. The summed E-state index contributed by atoms with van der Waals surface area (Å²) in [5.41, 5.74) is 0. The molecule has 1 saturated heterocycles. The Hall–Kier alpha value is -1.59. The van der Waals surface area contributed by atoms with Crippen molar-refractivity contribution >= 4 is 17.8 Å². The van der Waals surface area contributed by atoms with E-state index in [0.29, 0.717) is 12.6 Å². The highest BCUT2D eigenvalue weighted by molar-refractivity contribution is 5.91. The van der Waals surface area contributed by atoms with Crippen LogP contribution in [0.5, 0.6) is 0 Å². The lowest BCUT2D eigenvalue weighted by atomic mass is 10.0. The van der Waals surface area contributed by atoms with Crippen molar-refractivity contribution in [3.63, 3.8) is 0 Å². The van der Waals surface area contributed by atoms with Gasteiger partial charge in [0, 0.05) is 19.0 Å². The molecule has 6 heteroatoms. The Morgan fingerprint density at radius 1 is 1.37 bits per heavy atom. The van der Waals surface area contributed by atoms with Crippen LogP contribution in [0.2, 0.25) is 0 Å². The minimum Gasteiger partial charge on any atom is -0.480 e. The maximum Gasteiger partial charge on any atom is 0.326 e. The molecule has 1 saturated carbocycles. The number of carboxylic acids is 1. The number of aliphatic carboxylic acids is 1. The first kappa shape index (κ1) is 13.8. The van der Waals surface area contributed by atoms with E-state index in [0.717, 1.165) is 12.8 Å². The largest absolute Gasteiger partial charge is 0.480 e. The molecule has 0 aromatic rings. The number of amides is 2. The maximum absolute atomic E-state index is 12.0. The van der Waals surface area contributed by atoms with Crippen molar-refractivity contribution in [3.05, 3.63) is 0 Å². The van der Waals surface area contributed by atoms with Crippen molar-refractivity contribution in [1.82, 2.24) is 10.2 Å². The summed E-state index contributed by atoms with van der Waals surface area (Å²) in [6.45, 7) is 3.92. The Labute approximate surface area is 112 Å². The van der Waals surface area contributed by atoms with Crippen LogP contribution in [-0.2, 0) is 14.4 Å². The van der Waals surface area contributed by atoms with Gasteiger partial charge >= 0.3 is 5.97 Å². The molecule has 2 fully saturated rings. The first-order valence-electron chi connectivity index (χ1n) is 6.72. The molecule has 0 aromatic carbocycles. The number of hydrogen-bond donors (Lipinski definition) is 2. The molecule has 0 radical (unpaired) electrons. The number of carboxylic acid groups (broad SMARTS) is 1. The Kier molecular flexibility index (Phi) is 3.78. The van der Waals surface area contributed by atoms with Crippen LogP contribution in [0.25, 0.3) is 0 Å². The first-order valence-corrected chi connectivity index (χ1v) is 6.72. The number of hydrogen-bond acceptors (Lipinski definition) is 3. The number of carbonyl (C=O) groups excluding carboxylic acids is 2. The Balaban J connectivity index is 1.93. The van der Waals surface area contributed by atoms with E-state index in [4.69, 9.17) is 5.11 Å². The topological polar surface area (TPSA) is 86.7 Å². The van der Waals surface area contributed by atoms with Gasteiger partial charge in [0.1, 0.15) is 6.04 Å². The lowest BCUT2D eigenvalue weighted by Gasteiger charge is -2.20. The van der Waals surface area contributed by atoms with E-state index in [1.165, 1.54) is 0 Å². The highest BCUT2D eigenvalue weighted by Crippen LogP contribution is 2.32. The third kappa shape index (κ3) is 3.05. The zero-order valence-corrected chi connectivity index (χ0v) is 11.3. The quantitative estimate of drug-likeness (QED) is 0.747. The molecule has 1 unspecified atom stereocenters. The molecule has 2 amide bonds. The van der Waals surface area contributed by atoms with Crippen molar-refractivity contribution < 1.29 is 19.5 Å². The van der Waals surface area contributed by atoms with Crippen LogP contribution in [0.3, 0.4) is 0 Å². The van der Waals surface area contributed by atoms with Gasteiger partial charge in [-0.05, 0) is 18.8 Å². The van der Waals surface area contributed by atoms with Crippen molar-refractivity contribution in [3.8, 4) is 0 Å². The highest BCUT2D eigenvalue weighted by Gasteiger charge is 2.42. The van der Waals surface area contributed by atoms with Crippen molar-refractivity contribution in [2.45, 2.75) is 45.2 Å². The molecule has 2 aliphatic rings. The maximum atomic E-state index is 12.0. The van der Waals surface area contributed by atoms with Gasteiger partial charge in [0.15, 0.2) is 0 Å². The molecule has 1 aliphatic heterocycles. The number of likely N-dealkylation sites (tertiary alicyclic amines) is 1. The van der Waals surface area contributed by atoms with E-state index in [1.807, 2.05) is 0 Å². The van der Waals surface area contributed by atoms with Gasteiger partial charge in [0.2, 0.25) is 11.8 Å². The van der Waals surface area contributed by atoms with Crippen LogP contribution < -0.4 is 5.32 Å². The van der Waals surface area contributed by atoms with Gasteiger partial charge in [-0.1, -0.05) is 13.8 Å². The van der Waals surface area contributed by atoms with Crippen LogP contribution >= 0.6 is 0 Å². The fourth-order valence-electron chi connectivity index (χ4n) is 2.43. The minimum atomic E-state index is -1.04. The minimum absolute atomic E-state index is 0.0130. The van der Waals surface area contributed by atoms with E-state index < -0.39 is 17.9 Å². The molecule has 0 bridgehead atoms. The van der Waals surface area contributed by atoms with Crippen LogP contribution in [0.15, 0.2) is 0 Å². The standard InChI is InChI=1S/C13H20N2O4/c1-7(2)11(13(18)19)14-12(17)8-5-10(16)15(6-8)9-3-4-9/h7-9,11H,3-6H2,1-2H3,(H,14,17)(H,18,19)/t8?,11-/m0/s1. The Morgan fingerprint density at radius 3 is 2.47 bits per heavy atom. The van der Waals surface area contributed by atoms with Crippen LogP contribution in [-0.4, -0.2) is 46.4 Å². The van der Waals surface area contributed by atoms with Crippen LogP contribution in [0.1, 0.15) is 33.1 Å². The van der Waals surface area contributed by atoms with Gasteiger partial charge in [0.25, 0.3) is 0 Å². The number of nitrogens with one attached hydrogen (secondary N) is 1. The number of carbonyl (C=O) groups is 3. The Morgan fingerprint density at radius 2 is 2.00 bits per heavy atom. The summed E-state index contributed by atoms with van der Waals surface area (Å²) in [6, 6.07) is -0.580. The smallest absolute Gasteiger partial charge is 0.326 e. The second kappa shape index (κ2) is 5.19. The summed E-state index contributed by atoms with van der Waals surface area (Å²) in [5, 5.41) is 11.6. The predicted molar refractivity (Wildman–Crippen MR) is 67.2 cm³/mol. The highest BCUT2D eigenvalue weighted by atomic mass is 16.4. The summed E-state index contributed by atoms with van der Waals surface area (Å²) in [7, 11) is 0. The molecule has 2 N–H and O–H groups in total. The molecule has 19 heavy (non-hydrogen) atoms. The van der Waals surface area contributed by atoms with Gasteiger partial charge in [0.05, 0.1) is 5.92 Å². The summed E-state index contributed by atoms with van der Waals surface area (Å²) in [5.74, 6) is -1.94. The van der Waals surface area contributed by atoms with Gasteiger partial charge in [-0.3, -0.25) is 9.59 Å². The fourth-order valence-corrected chi connectivity index (χ4v) is 2.43. The average molecular weight is 268 g/mol. The Bertz CT molecular complexity index is 403. The summed E-state index contributed by atoms with van der Waals surface area (Å²) < 4.78 is 0. The number of rotatable bonds is 5. The molecule has 2 atom stereocenters. The van der Waals surface area contributed by atoms with Gasteiger partial charge < -0.3 is 15.3 Å². The zero-order chi connectivity index (χ0) is 14.2. The molecule has 1 aliphatic carbocycles. The molecular weight excluding hydrogens is 248 g/mol. The average Bonchev–Trinajstić information content (AvgIpc) is 3.08. The molecule has 2 rings (SSSR count). The van der Waals surface area contributed by atoms with Gasteiger partial charge in [-0.2, -0.15) is 0 Å². The molecule has 6 nitrogen and oxygen atoms in total. The van der Waals surface area contributed by atoms with Crippen molar-refractivity contribution in [2.24, 2.45) is 11.8 Å². The SMILES string of the molecule is CC(C)[C@H](NC(=O)C1CC(=O)N(C2CC2)C1)C(=O)O.